The molecule has 0 N–H and O–H groups in total. The number of hydrogen-bond donors (Lipinski definition) is 1. The van der Waals surface area contributed by atoms with E-state index in [1.807, 2.05) is 24.3 Å². The molecule has 0 aliphatic rings. The first-order valence-electron chi connectivity index (χ1n) is 5.21. The van der Waals surface area contributed by atoms with Gasteiger partial charge in [0, 0.05) is 4.47 Å². The van der Waals surface area contributed by atoms with E-state index in [1.54, 1.807) is 0 Å². The molecule has 84 valence electrons. The zero-order chi connectivity index (χ0) is 11.1. The second-order valence-corrected chi connectivity index (χ2v) is 5.07. The van der Waals surface area contributed by atoms with Gasteiger partial charge in [-0.2, -0.15) is 12.6 Å². The molecule has 0 aromatic heterocycles. The molecule has 15 heavy (non-hydrogen) atoms. The summed E-state index contributed by atoms with van der Waals surface area (Å²) in [5.74, 6) is 2.59. The van der Waals surface area contributed by atoms with Gasteiger partial charge < -0.3 is 4.74 Å². The zero-order valence-electron chi connectivity index (χ0n) is 8.95. The summed E-state index contributed by atoms with van der Waals surface area (Å²) in [6.07, 6.45) is 2.25. The van der Waals surface area contributed by atoms with E-state index in [-0.39, 0.29) is 0 Å². The summed E-state index contributed by atoms with van der Waals surface area (Å²) in [6.45, 7) is 3.03. The molecule has 1 rings (SSSR count). The van der Waals surface area contributed by atoms with Crippen LogP contribution in [0.25, 0.3) is 0 Å². The molecule has 1 aromatic carbocycles. The van der Waals surface area contributed by atoms with Crippen LogP contribution in [0.4, 0.5) is 0 Å². The Morgan fingerprint density at radius 3 is 2.53 bits per heavy atom. The van der Waals surface area contributed by atoms with Crippen molar-refractivity contribution in [1.29, 1.82) is 0 Å². The third-order valence-corrected chi connectivity index (χ3v) is 3.10. The zero-order valence-corrected chi connectivity index (χ0v) is 11.4. The molecule has 0 heterocycles. The van der Waals surface area contributed by atoms with E-state index in [0.29, 0.717) is 5.92 Å². The van der Waals surface area contributed by atoms with Crippen molar-refractivity contribution in [2.75, 3.05) is 12.4 Å². The number of thiol groups is 1. The molecule has 1 nitrogen and oxygen atoms in total. The number of hydrogen-bond acceptors (Lipinski definition) is 2. The molecule has 0 aliphatic carbocycles. The summed E-state index contributed by atoms with van der Waals surface area (Å²) < 4.78 is 6.71. The molecule has 1 unspecified atom stereocenters. The van der Waals surface area contributed by atoms with Crippen LogP contribution in [0.2, 0.25) is 0 Å². The fourth-order valence-corrected chi connectivity index (χ4v) is 1.98. The summed E-state index contributed by atoms with van der Waals surface area (Å²) in [6, 6.07) is 7.94. The Balaban J connectivity index is 2.22. The first-order chi connectivity index (χ1) is 7.22. The van der Waals surface area contributed by atoms with Crippen LogP contribution in [0.3, 0.4) is 0 Å². The second-order valence-electron chi connectivity index (χ2n) is 3.71. The van der Waals surface area contributed by atoms with Gasteiger partial charge in [-0.25, -0.2) is 0 Å². The van der Waals surface area contributed by atoms with Crippen LogP contribution in [0.15, 0.2) is 28.7 Å². The minimum Gasteiger partial charge on any atom is -0.494 e. The molecule has 1 aromatic rings. The highest BCUT2D eigenvalue weighted by Crippen LogP contribution is 2.17. The quantitative estimate of drug-likeness (QED) is 0.773. The van der Waals surface area contributed by atoms with Crippen molar-refractivity contribution in [3.63, 3.8) is 0 Å². The van der Waals surface area contributed by atoms with Crippen molar-refractivity contribution >= 4 is 28.6 Å². The lowest BCUT2D eigenvalue weighted by Crippen LogP contribution is -2.04. The highest BCUT2D eigenvalue weighted by atomic mass is 79.9. The van der Waals surface area contributed by atoms with Gasteiger partial charge in [0.05, 0.1) is 6.61 Å². The average Bonchev–Trinajstić information content (AvgIpc) is 2.21. The highest BCUT2D eigenvalue weighted by Gasteiger charge is 2.01. The Bertz CT molecular complexity index is 273. The SMILES string of the molecule is CC(CCS)CCOc1ccc(Br)cc1. The summed E-state index contributed by atoms with van der Waals surface area (Å²) in [5, 5.41) is 0. The number of halogens is 1. The van der Waals surface area contributed by atoms with E-state index in [4.69, 9.17) is 4.74 Å². The van der Waals surface area contributed by atoms with Gasteiger partial charge >= 0.3 is 0 Å². The predicted molar refractivity (Wildman–Crippen MR) is 71.9 cm³/mol. The molecule has 0 amide bonds. The van der Waals surface area contributed by atoms with E-state index in [0.717, 1.165) is 35.4 Å². The third-order valence-electron chi connectivity index (χ3n) is 2.31. The molecule has 0 aliphatic heterocycles. The van der Waals surface area contributed by atoms with Gasteiger partial charge in [0.25, 0.3) is 0 Å². The fourth-order valence-electron chi connectivity index (χ4n) is 1.27. The van der Waals surface area contributed by atoms with Crippen molar-refractivity contribution in [3.05, 3.63) is 28.7 Å². The molecule has 0 spiro atoms. The van der Waals surface area contributed by atoms with Crippen LogP contribution >= 0.6 is 28.6 Å². The lowest BCUT2D eigenvalue weighted by molar-refractivity contribution is 0.282. The van der Waals surface area contributed by atoms with Crippen molar-refractivity contribution in [3.8, 4) is 5.75 Å². The topological polar surface area (TPSA) is 9.23 Å². The van der Waals surface area contributed by atoms with Crippen molar-refractivity contribution in [2.45, 2.75) is 19.8 Å². The fraction of sp³-hybridized carbons (Fsp3) is 0.500. The van der Waals surface area contributed by atoms with Crippen LogP contribution in [-0.2, 0) is 0 Å². The number of benzene rings is 1. The maximum atomic E-state index is 5.63. The molecule has 0 saturated heterocycles. The first-order valence-corrected chi connectivity index (χ1v) is 6.64. The van der Waals surface area contributed by atoms with Crippen molar-refractivity contribution in [2.24, 2.45) is 5.92 Å². The minimum absolute atomic E-state index is 0.693. The summed E-state index contributed by atoms with van der Waals surface area (Å²) in [7, 11) is 0. The molecule has 0 bridgehead atoms. The largest absolute Gasteiger partial charge is 0.494 e. The molecular formula is C12H17BrOS. The van der Waals surface area contributed by atoms with Crippen LogP contribution in [0, 0.1) is 5.92 Å². The predicted octanol–water partition coefficient (Wildman–Crippen LogP) is 4.17. The van der Waals surface area contributed by atoms with Crippen molar-refractivity contribution in [1.82, 2.24) is 0 Å². The molecule has 0 radical (unpaired) electrons. The first kappa shape index (κ1) is 12.9. The van der Waals surface area contributed by atoms with E-state index in [9.17, 15) is 0 Å². The number of ether oxygens (including phenoxy) is 1. The molecule has 3 heteroatoms. The highest BCUT2D eigenvalue weighted by molar-refractivity contribution is 9.10. The smallest absolute Gasteiger partial charge is 0.119 e. The van der Waals surface area contributed by atoms with Crippen LogP contribution < -0.4 is 4.74 Å². The van der Waals surface area contributed by atoms with Crippen molar-refractivity contribution < 1.29 is 4.74 Å². The minimum atomic E-state index is 0.693. The Labute approximate surface area is 106 Å². The van der Waals surface area contributed by atoms with E-state index in [2.05, 4.69) is 35.5 Å². The van der Waals surface area contributed by atoms with Gasteiger partial charge in [-0.15, -0.1) is 0 Å². The molecule has 0 fully saturated rings. The van der Waals surface area contributed by atoms with Gasteiger partial charge in [0.1, 0.15) is 5.75 Å². The lowest BCUT2D eigenvalue weighted by atomic mass is 10.1. The Kier molecular flexibility index (Phi) is 6.18. The van der Waals surface area contributed by atoms with E-state index >= 15 is 0 Å². The maximum Gasteiger partial charge on any atom is 0.119 e. The van der Waals surface area contributed by atoms with Crippen LogP contribution in [0.1, 0.15) is 19.8 Å². The van der Waals surface area contributed by atoms with Gasteiger partial charge in [-0.05, 0) is 48.8 Å². The van der Waals surface area contributed by atoms with E-state index in [1.165, 1.54) is 0 Å². The van der Waals surface area contributed by atoms with Gasteiger partial charge in [0.2, 0.25) is 0 Å². The standard InChI is InChI=1S/C12H17BrOS/c1-10(7-9-15)6-8-14-12-4-2-11(13)3-5-12/h2-5,10,15H,6-9H2,1H3. The lowest BCUT2D eigenvalue weighted by Gasteiger charge is -2.10. The Hall–Kier alpha value is -0.150. The normalized spacial score (nSPS) is 12.5. The van der Waals surface area contributed by atoms with Crippen LogP contribution in [0.5, 0.6) is 5.75 Å². The Morgan fingerprint density at radius 1 is 1.27 bits per heavy atom. The summed E-state index contributed by atoms with van der Waals surface area (Å²) >= 11 is 7.61. The molecular weight excluding hydrogens is 272 g/mol. The Morgan fingerprint density at radius 2 is 1.93 bits per heavy atom. The monoisotopic (exact) mass is 288 g/mol. The molecule has 0 saturated carbocycles. The van der Waals surface area contributed by atoms with Gasteiger partial charge in [0.15, 0.2) is 0 Å². The summed E-state index contributed by atoms with van der Waals surface area (Å²) in [4.78, 5) is 0. The number of rotatable bonds is 6. The van der Waals surface area contributed by atoms with Gasteiger partial charge in [-0.3, -0.25) is 0 Å². The van der Waals surface area contributed by atoms with Crippen LogP contribution in [-0.4, -0.2) is 12.4 Å². The van der Waals surface area contributed by atoms with E-state index < -0.39 is 0 Å². The van der Waals surface area contributed by atoms with Gasteiger partial charge in [-0.1, -0.05) is 22.9 Å². The molecule has 1 atom stereocenters. The average molecular weight is 289 g/mol. The maximum absolute atomic E-state index is 5.63. The third kappa shape index (κ3) is 5.47. The summed E-state index contributed by atoms with van der Waals surface area (Å²) in [5.41, 5.74) is 0. The second kappa shape index (κ2) is 7.18.